The Balaban J connectivity index is 3.14. The van der Waals surface area contributed by atoms with E-state index in [0.717, 1.165) is 4.90 Å². The highest BCUT2D eigenvalue weighted by Crippen LogP contribution is 2.44. The third kappa shape index (κ3) is 4.14. The minimum atomic E-state index is -5.79. The van der Waals surface area contributed by atoms with Gasteiger partial charge in [0.05, 0.1) is 0 Å². The Morgan fingerprint density at radius 2 is 1.38 bits per heavy atom. The van der Waals surface area contributed by atoms with E-state index in [1.807, 2.05) is 20.8 Å². The van der Waals surface area contributed by atoms with E-state index in [1.165, 1.54) is 0 Å². The Bertz CT molecular complexity index is 525. The molecule has 14 heteroatoms. The van der Waals surface area contributed by atoms with Crippen LogP contribution in [0.15, 0.2) is 0 Å². The minimum absolute atomic E-state index is 0.172. The lowest BCUT2D eigenvalue weighted by Gasteiger charge is -2.54. The Kier molecular flexibility index (Phi) is 6.14. The Labute approximate surface area is 152 Å². The summed E-state index contributed by atoms with van der Waals surface area (Å²) in [5.74, 6) is -1.52. The summed E-state index contributed by atoms with van der Waals surface area (Å²) < 4.78 is 82.0. The topological polar surface area (TPSA) is 32.8 Å². The number of nitrogens with zero attached hydrogens (tertiary/aromatic N) is 2. The van der Waals surface area contributed by atoms with Gasteiger partial charge in [0.15, 0.2) is 7.85 Å². The average Bonchev–Trinajstić information content (AvgIpc) is 2.39. The molecule has 146 valence electrons. The molecule has 0 bridgehead atoms. The van der Waals surface area contributed by atoms with E-state index >= 15 is 0 Å². The highest BCUT2D eigenvalue weighted by molar-refractivity contribution is 6.24. The minimum Gasteiger partial charge on any atom is -0.433 e. The summed E-state index contributed by atoms with van der Waals surface area (Å²) in [6.45, 7) is 6.14. The monoisotopic (exact) mass is 384 g/mol. The average molecular weight is 384 g/mol. The number of carbonyl (C=O) groups excluding carboxylic acids is 1. The van der Waals surface area contributed by atoms with Gasteiger partial charge >= 0.3 is 18.4 Å². The van der Waals surface area contributed by atoms with Crippen molar-refractivity contribution in [3.63, 3.8) is 0 Å². The number of ether oxygens (including phenoxy) is 1. The highest BCUT2D eigenvalue weighted by atomic mass is 19.4. The standard InChI is InChI=1S/C12H22B4F6N2O2/c1-9(2,3)23-4-5(13)24(7(15)6(23)14)8(25)26-10(16,11(17,18)19)12(20,21)22/h5-7H,4,13-16H2,1-3H3. The van der Waals surface area contributed by atoms with Crippen LogP contribution in [-0.4, -0.2) is 95.0 Å². The van der Waals surface area contributed by atoms with Gasteiger partial charge < -0.3 is 14.5 Å². The molecule has 4 nitrogen and oxygen atoms in total. The molecule has 0 spiro atoms. The number of carbonyl (C=O) groups is 1. The molecule has 1 amide bonds. The van der Waals surface area contributed by atoms with Crippen molar-refractivity contribution in [3.05, 3.63) is 0 Å². The number of piperazine rings is 1. The molecule has 0 aromatic heterocycles. The van der Waals surface area contributed by atoms with Crippen molar-refractivity contribution >= 4 is 37.5 Å². The summed E-state index contributed by atoms with van der Waals surface area (Å²) >= 11 is 0. The Morgan fingerprint density at radius 1 is 0.962 bits per heavy atom. The number of hydrogen-bond donors (Lipinski definition) is 0. The van der Waals surface area contributed by atoms with Crippen LogP contribution >= 0.6 is 0 Å². The van der Waals surface area contributed by atoms with Gasteiger partial charge in [-0.1, -0.05) is 0 Å². The fourth-order valence-corrected chi connectivity index (χ4v) is 3.17. The number of halogens is 6. The van der Waals surface area contributed by atoms with Crippen LogP contribution in [0.25, 0.3) is 0 Å². The van der Waals surface area contributed by atoms with E-state index in [0.29, 0.717) is 6.54 Å². The number of rotatable bonds is 1. The zero-order valence-corrected chi connectivity index (χ0v) is 15.9. The van der Waals surface area contributed by atoms with Gasteiger partial charge in [-0.15, -0.1) is 0 Å². The zero-order chi connectivity index (χ0) is 20.9. The molecule has 0 saturated carbocycles. The number of alkyl halides is 6. The van der Waals surface area contributed by atoms with Crippen molar-refractivity contribution in [1.29, 1.82) is 0 Å². The van der Waals surface area contributed by atoms with Gasteiger partial charge in [-0.2, -0.15) is 26.3 Å². The molecule has 0 aliphatic carbocycles. The normalized spacial score (nSPS) is 26.7. The molecular weight excluding hydrogens is 361 g/mol. The predicted octanol–water partition coefficient (Wildman–Crippen LogP) is -1.13. The lowest BCUT2D eigenvalue weighted by atomic mass is 9.69. The van der Waals surface area contributed by atoms with Crippen LogP contribution in [0.1, 0.15) is 20.8 Å². The smallest absolute Gasteiger partial charge is 0.428 e. The lowest BCUT2D eigenvalue weighted by molar-refractivity contribution is -0.331. The molecule has 26 heavy (non-hydrogen) atoms. The summed E-state index contributed by atoms with van der Waals surface area (Å²) in [4.78, 5) is 15.3. The van der Waals surface area contributed by atoms with E-state index in [4.69, 9.17) is 0 Å². The van der Waals surface area contributed by atoms with Gasteiger partial charge in [-0.3, -0.25) is 0 Å². The summed E-state index contributed by atoms with van der Waals surface area (Å²) in [6, 6.07) is 0. The van der Waals surface area contributed by atoms with Crippen molar-refractivity contribution in [2.45, 2.75) is 62.0 Å². The first-order valence-electron chi connectivity index (χ1n) is 8.26. The van der Waals surface area contributed by atoms with E-state index in [2.05, 4.69) is 9.64 Å². The first kappa shape index (κ1) is 23.1. The summed E-state index contributed by atoms with van der Waals surface area (Å²) in [6.07, 6.45) is -13.2. The van der Waals surface area contributed by atoms with Crippen molar-refractivity contribution in [2.75, 3.05) is 6.54 Å². The molecule has 1 aliphatic heterocycles. The van der Waals surface area contributed by atoms with Gasteiger partial charge in [0.2, 0.25) is 0 Å². The summed E-state index contributed by atoms with van der Waals surface area (Å²) in [5, 5.41) is 0. The summed E-state index contributed by atoms with van der Waals surface area (Å²) in [5.41, 5.74) is -4.84. The van der Waals surface area contributed by atoms with Crippen LogP contribution in [0.2, 0.25) is 0 Å². The Morgan fingerprint density at radius 3 is 1.73 bits per heavy atom. The maximum absolute atomic E-state index is 13.0. The van der Waals surface area contributed by atoms with Crippen LogP contribution < -0.4 is 0 Å². The second kappa shape index (κ2) is 6.91. The van der Waals surface area contributed by atoms with Crippen LogP contribution in [0.4, 0.5) is 31.1 Å². The fourth-order valence-electron chi connectivity index (χ4n) is 3.17. The van der Waals surface area contributed by atoms with Crippen molar-refractivity contribution in [3.8, 4) is 0 Å². The molecule has 1 heterocycles. The van der Waals surface area contributed by atoms with E-state index in [-0.39, 0.29) is 19.3 Å². The predicted molar refractivity (Wildman–Crippen MR) is 95.2 cm³/mol. The molecule has 0 aromatic carbocycles. The first-order chi connectivity index (χ1) is 11.3. The molecule has 3 unspecified atom stereocenters. The van der Waals surface area contributed by atoms with Crippen LogP contribution in [0.3, 0.4) is 0 Å². The van der Waals surface area contributed by atoms with Gasteiger partial charge in [0.1, 0.15) is 23.5 Å². The van der Waals surface area contributed by atoms with Crippen LogP contribution in [0.5, 0.6) is 0 Å². The third-order valence-corrected chi connectivity index (χ3v) is 5.01. The SMILES string of the molecule is BC1CN(C(C)(C)C)C(B)C(B)N1C(=O)OC(B)(C(F)(F)F)C(F)(F)F. The molecule has 1 rings (SSSR count). The van der Waals surface area contributed by atoms with Gasteiger partial charge in [-0.05, 0) is 26.7 Å². The zero-order valence-electron chi connectivity index (χ0n) is 15.9. The van der Waals surface area contributed by atoms with E-state index in [9.17, 15) is 31.1 Å². The van der Waals surface area contributed by atoms with Crippen LogP contribution in [-0.2, 0) is 4.74 Å². The number of amides is 1. The quantitative estimate of drug-likeness (QED) is 0.424. The van der Waals surface area contributed by atoms with E-state index in [1.54, 1.807) is 23.5 Å². The molecule has 1 fully saturated rings. The molecule has 1 aliphatic rings. The second-order valence-electron chi connectivity index (χ2n) is 7.96. The van der Waals surface area contributed by atoms with Crippen molar-refractivity contribution in [1.82, 2.24) is 9.80 Å². The molecule has 0 aromatic rings. The molecule has 0 N–H and O–H groups in total. The van der Waals surface area contributed by atoms with Gasteiger partial charge in [0, 0.05) is 24.0 Å². The summed E-state index contributed by atoms with van der Waals surface area (Å²) in [7, 11) is 4.75. The second-order valence-corrected chi connectivity index (χ2v) is 7.96. The number of hydrogen-bond acceptors (Lipinski definition) is 3. The molecule has 0 radical (unpaired) electrons. The van der Waals surface area contributed by atoms with Crippen molar-refractivity contribution in [2.24, 2.45) is 0 Å². The fraction of sp³-hybridized carbons (Fsp3) is 0.917. The maximum Gasteiger partial charge on any atom is 0.428 e. The molecule has 1 saturated heterocycles. The maximum atomic E-state index is 13.0. The molecular formula is C12H22B4F6N2O2. The molecule has 3 atom stereocenters. The van der Waals surface area contributed by atoms with Gasteiger partial charge in [0.25, 0.3) is 5.50 Å². The third-order valence-electron chi connectivity index (χ3n) is 5.01. The Hall–Kier alpha value is -0.930. The van der Waals surface area contributed by atoms with E-state index < -0.39 is 35.8 Å². The highest BCUT2D eigenvalue weighted by Gasteiger charge is 2.71. The van der Waals surface area contributed by atoms with Crippen LogP contribution in [0, 0.1) is 0 Å². The van der Waals surface area contributed by atoms with Crippen molar-refractivity contribution < 1.29 is 35.9 Å². The first-order valence-corrected chi connectivity index (χ1v) is 8.26. The van der Waals surface area contributed by atoms with Gasteiger partial charge in [-0.25, -0.2) is 4.79 Å². The lowest BCUT2D eigenvalue weighted by Crippen LogP contribution is -2.71. The largest absolute Gasteiger partial charge is 0.433 e.